The van der Waals surface area contributed by atoms with Gasteiger partial charge in [0.25, 0.3) is 5.91 Å². The van der Waals surface area contributed by atoms with Crippen molar-refractivity contribution in [3.8, 4) is 0 Å². The molecule has 1 saturated heterocycles. The summed E-state index contributed by atoms with van der Waals surface area (Å²) in [5, 5.41) is 0. The molecule has 1 fully saturated rings. The fourth-order valence-corrected chi connectivity index (χ4v) is 3.35. The van der Waals surface area contributed by atoms with Crippen molar-refractivity contribution in [1.82, 2.24) is 9.80 Å². The number of benzene rings is 1. The zero-order chi connectivity index (χ0) is 18.5. The molecule has 1 aliphatic rings. The molecular formula is C20H23FN2O3. The van der Waals surface area contributed by atoms with E-state index in [-0.39, 0.29) is 23.5 Å². The third-order valence-corrected chi connectivity index (χ3v) is 4.82. The Balaban J connectivity index is 1.57. The number of halogens is 1. The van der Waals surface area contributed by atoms with Crippen molar-refractivity contribution in [1.29, 1.82) is 0 Å². The molecule has 2 heterocycles. The van der Waals surface area contributed by atoms with Gasteiger partial charge in [-0.15, -0.1) is 0 Å². The second-order valence-corrected chi connectivity index (χ2v) is 6.53. The van der Waals surface area contributed by atoms with E-state index in [4.69, 9.17) is 4.42 Å². The van der Waals surface area contributed by atoms with E-state index in [2.05, 4.69) is 0 Å². The average Bonchev–Trinajstić information content (AvgIpc) is 3.20. The van der Waals surface area contributed by atoms with E-state index in [0.717, 1.165) is 5.56 Å². The number of furan rings is 1. The van der Waals surface area contributed by atoms with Crippen LogP contribution in [0.4, 0.5) is 4.39 Å². The van der Waals surface area contributed by atoms with Gasteiger partial charge < -0.3 is 14.2 Å². The highest BCUT2D eigenvalue weighted by Gasteiger charge is 2.30. The summed E-state index contributed by atoms with van der Waals surface area (Å²) in [4.78, 5) is 28.6. The maximum Gasteiger partial charge on any atom is 0.289 e. The molecule has 3 rings (SSSR count). The van der Waals surface area contributed by atoms with Crippen LogP contribution in [0.3, 0.4) is 0 Å². The summed E-state index contributed by atoms with van der Waals surface area (Å²) in [5.41, 5.74) is 0.783. The van der Waals surface area contributed by atoms with Crippen molar-refractivity contribution >= 4 is 11.8 Å². The van der Waals surface area contributed by atoms with Crippen LogP contribution in [0.2, 0.25) is 0 Å². The smallest absolute Gasteiger partial charge is 0.289 e. The lowest BCUT2D eigenvalue weighted by Crippen LogP contribution is -2.44. The van der Waals surface area contributed by atoms with Crippen LogP contribution in [-0.2, 0) is 11.3 Å². The molecule has 2 aromatic rings. The molecule has 0 bridgehead atoms. The molecule has 1 aromatic carbocycles. The second kappa shape index (κ2) is 8.17. The summed E-state index contributed by atoms with van der Waals surface area (Å²) >= 11 is 0. The number of carbonyl (C=O) groups is 2. The summed E-state index contributed by atoms with van der Waals surface area (Å²) in [6, 6.07) is 9.67. The maximum atomic E-state index is 13.4. The average molecular weight is 358 g/mol. The Kier molecular flexibility index (Phi) is 5.71. The van der Waals surface area contributed by atoms with Crippen LogP contribution in [0, 0.1) is 11.7 Å². The third kappa shape index (κ3) is 4.12. The molecule has 0 saturated carbocycles. The number of carbonyl (C=O) groups excluding carboxylic acids is 2. The molecule has 2 amide bonds. The predicted octanol–water partition coefficient (Wildman–Crippen LogP) is 3.32. The Hall–Kier alpha value is -2.63. The van der Waals surface area contributed by atoms with Crippen molar-refractivity contribution in [3.05, 3.63) is 59.8 Å². The van der Waals surface area contributed by atoms with Gasteiger partial charge in [-0.05, 0) is 49.6 Å². The maximum absolute atomic E-state index is 13.4. The molecule has 6 heteroatoms. The van der Waals surface area contributed by atoms with Crippen LogP contribution in [-0.4, -0.2) is 41.2 Å². The number of amides is 2. The summed E-state index contributed by atoms with van der Waals surface area (Å²) in [6.45, 7) is 3.97. The van der Waals surface area contributed by atoms with Gasteiger partial charge >= 0.3 is 0 Å². The standard InChI is InChI=1S/C20H23FN2O3/c1-2-22(14-15-5-3-6-17(21)13-15)19(24)16-8-10-23(11-9-16)20(25)18-7-4-12-26-18/h3-7,12-13,16H,2,8-11,14H2,1H3. The number of piperidine rings is 1. The first kappa shape index (κ1) is 18.2. The lowest BCUT2D eigenvalue weighted by Gasteiger charge is -2.33. The zero-order valence-corrected chi connectivity index (χ0v) is 14.9. The van der Waals surface area contributed by atoms with Crippen LogP contribution in [0.1, 0.15) is 35.9 Å². The van der Waals surface area contributed by atoms with Crippen LogP contribution in [0.25, 0.3) is 0 Å². The minimum Gasteiger partial charge on any atom is -0.459 e. The molecule has 0 aliphatic carbocycles. The van der Waals surface area contributed by atoms with E-state index in [9.17, 15) is 14.0 Å². The molecule has 0 radical (unpaired) electrons. The quantitative estimate of drug-likeness (QED) is 0.824. The monoisotopic (exact) mass is 358 g/mol. The fourth-order valence-electron chi connectivity index (χ4n) is 3.35. The fraction of sp³-hybridized carbons (Fsp3) is 0.400. The molecule has 5 nitrogen and oxygen atoms in total. The zero-order valence-electron chi connectivity index (χ0n) is 14.9. The van der Waals surface area contributed by atoms with Gasteiger partial charge in [0, 0.05) is 32.1 Å². The Morgan fingerprint density at radius 1 is 1.23 bits per heavy atom. The Morgan fingerprint density at radius 3 is 2.62 bits per heavy atom. The summed E-state index contributed by atoms with van der Waals surface area (Å²) < 4.78 is 18.5. The van der Waals surface area contributed by atoms with Crippen LogP contribution in [0.5, 0.6) is 0 Å². The Labute approximate surface area is 152 Å². The predicted molar refractivity (Wildman–Crippen MR) is 94.8 cm³/mol. The topological polar surface area (TPSA) is 53.8 Å². The van der Waals surface area contributed by atoms with Gasteiger partial charge in [0.1, 0.15) is 5.82 Å². The van der Waals surface area contributed by atoms with Crippen molar-refractivity contribution < 1.29 is 18.4 Å². The first-order valence-electron chi connectivity index (χ1n) is 8.94. The van der Waals surface area contributed by atoms with E-state index < -0.39 is 0 Å². The molecule has 0 atom stereocenters. The van der Waals surface area contributed by atoms with E-state index in [1.54, 1.807) is 28.0 Å². The SMILES string of the molecule is CCN(Cc1cccc(F)c1)C(=O)C1CCN(C(=O)c2ccco2)CC1. The highest BCUT2D eigenvalue weighted by atomic mass is 19.1. The number of hydrogen-bond acceptors (Lipinski definition) is 3. The molecule has 138 valence electrons. The first-order valence-corrected chi connectivity index (χ1v) is 8.94. The summed E-state index contributed by atoms with van der Waals surface area (Å²) in [6.07, 6.45) is 2.74. The molecular weight excluding hydrogens is 335 g/mol. The van der Waals surface area contributed by atoms with Crippen LogP contribution >= 0.6 is 0 Å². The van der Waals surface area contributed by atoms with Gasteiger partial charge in [-0.1, -0.05) is 12.1 Å². The van der Waals surface area contributed by atoms with E-state index in [1.165, 1.54) is 18.4 Å². The van der Waals surface area contributed by atoms with Crippen molar-refractivity contribution in [2.75, 3.05) is 19.6 Å². The highest BCUT2D eigenvalue weighted by molar-refractivity contribution is 5.91. The lowest BCUT2D eigenvalue weighted by atomic mass is 9.94. The summed E-state index contributed by atoms with van der Waals surface area (Å²) in [7, 11) is 0. The van der Waals surface area contributed by atoms with E-state index in [1.807, 2.05) is 13.0 Å². The Bertz CT molecular complexity index is 752. The van der Waals surface area contributed by atoms with Crippen molar-refractivity contribution in [2.24, 2.45) is 5.92 Å². The molecule has 0 spiro atoms. The van der Waals surface area contributed by atoms with Gasteiger partial charge in [-0.25, -0.2) is 4.39 Å². The normalized spacial score (nSPS) is 15.1. The van der Waals surface area contributed by atoms with Gasteiger partial charge in [0.05, 0.1) is 6.26 Å². The number of rotatable bonds is 5. The van der Waals surface area contributed by atoms with Crippen LogP contribution in [0.15, 0.2) is 47.1 Å². The lowest BCUT2D eigenvalue weighted by molar-refractivity contribution is -0.137. The largest absolute Gasteiger partial charge is 0.459 e. The molecule has 0 N–H and O–H groups in total. The second-order valence-electron chi connectivity index (χ2n) is 6.53. The van der Waals surface area contributed by atoms with Gasteiger partial charge in [0.15, 0.2) is 5.76 Å². The van der Waals surface area contributed by atoms with Crippen molar-refractivity contribution in [3.63, 3.8) is 0 Å². The highest BCUT2D eigenvalue weighted by Crippen LogP contribution is 2.22. The molecule has 26 heavy (non-hydrogen) atoms. The molecule has 0 unspecified atom stereocenters. The molecule has 1 aromatic heterocycles. The number of nitrogens with zero attached hydrogens (tertiary/aromatic N) is 2. The number of hydrogen-bond donors (Lipinski definition) is 0. The third-order valence-electron chi connectivity index (χ3n) is 4.82. The van der Waals surface area contributed by atoms with Crippen molar-refractivity contribution in [2.45, 2.75) is 26.3 Å². The van der Waals surface area contributed by atoms with Gasteiger partial charge in [-0.3, -0.25) is 9.59 Å². The van der Waals surface area contributed by atoms with Crippen LogP contribution < -0.4 is 0 Å². The van der Waals surface area contributed by atoms with Gasteiger partial charge in [-0.2, -0.15) is 0 Å². The van der Waals surface area contributed by atoms with E-state index >= 15 is 0 Å². The first-order chi connectivity index (χ1) is 12.6. The minimum absolute atomic E-state index is 0.0712. The van der Waals surface area contributed by atoms with Gasteiger partial charge in [0.2, 0.25) is 5.91 Å². The summed E-state index contributed by atoms with van der Waals surface area (Å²) in [5.74, 6) is -0.133. The minimum atomic E-state index is -0.296. The Morgan fingerprint density at radius 2 is 2.00 bits per heavy atom. The molecule has 1 aliphatic heterocycles. The number of likely N-dealkylation sites (tertiary alicyclic amines) is 1. The van der Waals surface area contributed by atoms with E-state index in [0.29, 0.717) is 44.8 Å².